The van der Waals surface area contributed by atoms with Crippen molar-refractivity contribution in [1.82, 2.24) is 19.9 Å². The molecular formula is C30H31ClN6S. The van der Waals surface area contributed by atoms with E-state index in [4.69, 9.17) is 23.8 Å². The molecule has 8 heteroatoms. The predicted octanol–water partition coefficient (Wildman–Crippen LogP) is 6.58. The van der Waals surface area contributed by atoms with E-state index in [1.165, 1.54) is 6.42 Å². The van der Waals surface area contributed by atoms with Gasteiger partial charge in [0.2, 0.25) is 0 Å². The fourth-order valence-electron chi connectivity index (χ4n) is 6.04. The molecule has 2 aliphatic heterocycles. The van der Waals surface area contributed by atoms with Gasteiger partial charge in [-0.15, -0.1) is 0 Å². The topological polar surface area (TPSA) is 49.2 Å². The minimum Gasteiger partial charge on any atom is -0.370 e. The Morgan fingerprint density at radius 3 is 2.37 bits per heavy atom. The zero-order valence-corrected chi connectivity index (χ0v) is 23.1. The fourth-order valence-corrected chi connectivity index (χ4v) is 6.68. The largest absolute Gasteiger partial charge is 0.370 e. The zero-order chi connectivity index (χ0) is 26.2. The number of halogens is 1. The van der Waals surface area contributed by atoms with Crippen molar-refractivity contribution >= 4 is 40.3 Å². The lowest BCUT2D eigenvalue weighted by Gasteiger charge is -2.37. The molecule has 0 bridgehead atoms. The van der Waals surface area contributed by atoms with E-state index >= 15 is 0 Å². The Hall–Kier alpha value is -3.42. The van der Waals surface area contributed by atoms with Gasteiger partial charge in [0, 0.05) is 43.1 Å². The Kier molecular flexibility index (Phi) is 6.80. The highest BCUT2D eigenvalue weighted by atomic mass is 35.5. The van der Waals surface area contributed by atoms with Crippen LogP contribution in [0, 0.1) is 11.8 Å². The van der Waals surface area contributed by atoms with E-state index in [-0.39, 0.29) is 12.1 Å². The van der Waals surface area contributed by atoms with Crippen LogP contribution >= 0.6 is 23.8 Å². The van der Waals surface area contributed by atoms with Gasteiger partial charge in [0.1, 0.15) is 11.9 Å². The summed E-state index contributed by atoms with van der Waals surface area (Å²) in [5, 5.41) is 4.94. The Labute approximate surface area is 234 Å². The molecule has 1 N–H and O–H groups in total. The van der Waals surface area contributed by atoms with E-state index in [9.17, 15) is 0 Å². The van der Waals surface area contributed by atoms with Gasteiger partial charge >= 0.3 is 0 Å². The number of hydrogen-bond donors (Lipinski definition) is 1. The van der Waals surface area contributed by atoms with Crippen LogP contribution in [0.1, 0.15) is 43.7 Å². The van der Waals surface area contributed by atoms with E-state index in [0.717, 1.165) is 46.7 Å². The quantitative estimate of drug-likeness (QED) is 0.287. The second-order valence-electron chi connectivity index (χ2n) is 10.5. The molecule has 0 spiro atoms. The van der Waals surface area contributed by atoms with E-state index in [1.54, 1.807) is 0 Å². The van der Waals surface area contributed by atoms with E-state index in [1.807, 2.05) is 61.1 Å². The molecule has 5 heterocycles. The van der Waals surface area contributed by atoms with Crippen LogP contribution in [0.5, 0.6) is 0 Å². The molecule has 0 radical (unpaired) electrons. The molecule has 0 saturated carbocycles. The Morgan fingerprint density at radius 2 is 1.68 bits per heavy atom. The summed E-state index contributed by atoms with van der Waals surface area (Å²) >= 11 is 12.9. The van der Waals surface area contributed by atoms with Gasteiger partial charge in [0.25, 0.3) is 0 Å². The lowest BCUT2D eigenvalue weighted by Crippen LogP contribution is -2.38. The zero-order valence-electron chi connectivity index (χ0n) is 21.5. The highest BCUT2D eigenvalue weighted by Crippen LogP contribution is 2.44. The summed E-state index contributed by atoms with van der Waals surface area (Å²) in [7, 11) is 0. The number of piperidine rings is 1. The van der Waals surface area contributed by atoms with Crippen LogP contribution in [-0.4, -0.2) is 32.7 Å². The number of pyridine rings is 2. The molecule has 2 aliphatic rings. The third-order valence-electron chi connectivity index (χ3n) is 7.50. The first-order valence-electron chi connectivity index (χ1n) is 13.1. The van der Waals surface area contributed by atoms with Crippen molar-refractivity contribution in [3.05, 3.63) is 102 Å². The first-order chi connectivity index (χ1) is 18.5. The second-order valence-corrected chi connectivity index (χ2v) is 11.3. The molecule has 0 unspecified atom stereocenters. The van der Waals surface area contributed by atoms with Gasteiger partial charge in [-0.25, -0.2) is 4.98 Å². The van der Waals surface area contributed by atoms with Crippen LogP contribution in [0.4, 0.5) is 11.4 Å². The van der Waals surface area contributed by atoms with Gasteiger partial charge in [-0.3, -0.25) is 4.98 Å². The van der Waals surface area contributed by atoms with Gasteiger partial charge in [0.15, 0.2) is 5.11 Å². The number of anilines is 2. The summed E-state index contributed by atoms with van der Waals surface area (Å²) < 4.78 is 2.12. The molecule has 1 aromatic carbocycles. The minimum atomic E-state index is -0.161. The first kappa shape index (κ1) is 24.9. The molecular weight excluding hydrogens is 512 g/mol. The lowest BCUT2D eigenvalue weighted by atomic mass is 9.91. The Bertz CT molecular complexity index is 1420. The normalized spacial score (nSPS) is 23.5. The molecule has 3 aromatic heterocycles. The second kappa shape index (κ2) is 10.4. The molecule has 6 nitrogen and oxygen atoms in total. The maximum absolute atomic E-state index is 6.98. The predicted molar refractivity (Wildman–Crippen MR) is 158 cm³/mol. The van der Waals surface area contributed by atoms with Crippen molar-refractivity contribution in [3.63, 3.8) is 0 Å². The van der Waals surface area contributed by atoms with Crippen LogP contribution < -0.4 is 15.1 Å². The van der Waals surface area contributed by atoms with Crippen LogP contribution in [0.3, 0.4) is 0 Å². The van der Waals surface area contributed by atoms with Crippen molar-refractivity contribution in [1.29, 1.82) is 0 Å². The molecule has 4 aromatic rings. The number of nitrogens with one attached hydrogen (secondary N) is 1. The number of hydrogen-bond acceptors (Lipinski definition) is 4. The van der Waals surface area contributed by atoms with Crippen molar-refractivity contribution in [2.45, 2.75) is 32.4 Å². The summed E-state index contributed by atoms with van der Waals surface area (Å²) in [5.74, 6) is 2.15. The smallest absolute Gasteiger partial charge is 0.174 e. The molecule has 6 rings (SSSR count). The highest BCUT2D eigenvalue weighted by molar-refractivity contribution is 7.80. The summed E-state index contributed by atoms with van der Waals surface area (Å²) in [4.78, 5) is 13.9. The minimum absolute atomic E-state index is 0.150. The van der Waals surface area contributed by atoms with Gasteiger partial charge in [-0.2, -0.15) is 0 Å². The Balaban J connectivity index is 1.42. The molecule has 2 fully saturated rings. The molecule has 0 amide bonds. The average molecular weight is 543 g/mol. The number of thiocarbonyl (C=S) groups is 1. The lowest BCUT2D eigenvalue weighted by molar-refractivity contribution is 0.357. The summed E-state index contributed by atoms with van der Waals surface area (Å²) in [5.41, 5.74) is 4.02. The molecule has 4 atom stereocenters. The third kappa shape index (κ3) is 4.65. The highest BCUT2D eigenvalue weighted by Gasteiger charge is 2.42. The average Bonchev–Trinajstić information content (AvgIpc) is 3.53. The summed E-state index contributed by atoms with van der Waals surface area (Å²) in [6.07, 6.45) is 6.93. The van der Waals surface area contributed by atoms with E-state index in [2.05, 4.69) is 67.8 Å². The van der Waals surface area contributed by atoms with Crippen molar-refractivity contribution in [2.24, 2.45) is 11.8 Å². The van der Waals surface area contributed by atoms with Crippen LogP contribution in [-0.2, 0) is 0 Å². The summed E-state index contributed by atoms with van der Waals surface area (Å²) in [6.45, 7) is 6.68. The third-order valence-corrected chi connectivity index (χ3v) is 8.11. The Morgan fingerprint density at radius 1 is 0.921 bits per heavy atom. The number of benzene rings is 1. The standard InChI is InChI=1S/C30H31ClN6S/c1-20-16-21(2)19-35(18-20)25-12-11-22(17-23(25)31)37-29(28(34-30(37)38)24-8-3-5-13-32-24)26-9-7-15-36(26)27-10-4-6-14-33-27/h3-15,17,20-21,28-29H,16,18-19H2,1-2H3,(H,34,38)/t20-,21-,28+,29+/m1/s1. The first-order valence-corrected chi connectivity index (χ1v) is 13.9. The van der Waals surface area contributed by atoms with E-state index in [0.29, 0.717) is 16.9 Å². The monoisotopic (exact) mass is 542 g/mol. The van der Waals surface area contributed by atoms with Gasteiger partial charge in [0.05, 0.1) is 22.4 Å². The number of rotatable bonds is 5. The van der Waals surface area contributed by atoms with Crippen LogP contribution in [0.25, 0.3) is 5.82 Å². The maximum Gasteiger partial charge on any atom is 0.174 e. The van der Waals surface area contributed by atoms with Crippen molar-refractivity contribution < 1.29 is 0 Å². The maximum atomic E-state index is 6.98. The van der Waals surface area contributed by atoms with E-state index < -0.39 is 0 Å². The van der Waals surface area contributed by atoms with Gasteiger partial charge < -0.3 is 19.7 Å². The number of aromatic nitrogens is 3. The SMILES string of the molecule is C[C@@H]1C[C@@H](C)CN(c2ccc(N3C(=S)N[C@@H](c4ccccn4)[C@@H]3c3cccn3-c3ccccn3)cc2Cl)C1. The van der Waals surface area contributed by atoms with Gasteiger partial charge in [-0.05, 0) is 85.1 Å². The molecule has 194 valence electrons. The molecule has 0 aliphatic carbocycles. The van der Waals surface area contributed by atoms with Gasteiger partial charge in [-0.1, -0.05) is 37.6 Å². The molecule has 2 saturated heterocycles. The van der Waals surface area contributed by atoms with Crippen molar-refractivity contribution in [3.8, 4) is 5.82 Å². The van der Waals surface area contributed by atoms with Crippen molar-refractivity contribution in [2.75, 3.05) is 22.9 Å². The summed E-state index contributed by atoms with van der Waals surface area (Å²) in [6, 6.07) is 22.1. The van der Waals surface area contributed by atoms with Crippen LogP contribution in [0.15, 0.2) is 85.3 Å². The molecule has 38 heavy (non-hydrogen) atoms. The number of nitrogens with zero attached hydrogens (tertiary/aromatic N) is 5. The fraction of sp³-hybridized carbons (Fsp3) is 0.300. The van der Waals surface area contributed by atoms with Crippen LogP contribution in [0.2, 0.25) is 5.02 Å².